The number of nitrogens with two attached hydrogens (primary N) is 1. The first-order chi connectivity index (χ1) is 9.82. The highest BCUT2D eigenvalue weighted by atomic mass is 16.4. The molecule has 0 aliphatic carbocycles. The van der Waals surface area contributed by atoms with Crippen LogP contribution in [0.15, 0.2) is 24.3 Å². The second-order valence-electron chi connectivity index (χ2n) is 5.72. The first-order valence-electron chi connectivity index (χ1n) is 7.17. The lowest BCUT2D eigenvalue weighted by atomic mass is 9.85. The highest BCUT2D eigenvalue weighted by Crippen LogP contribution is 2.25. The summed E-state index contributed by atoms with van der Waals surface area (Å²) in [5.74, 6) is -1.17. The van der Waals surface area contributed by atoms with Gasteiger partial charge in [-0.1, -0.05) is 25.5 Å². The van der Waals surface area contributed by atoms with Crippen LogP contribution in [0.4, 0.5) is 5.69 Å². The molecule has 5 nitrogen and oxygen atoms in total. The average Bonchev–Trinajstić information content (AvgIpc) is 2.45. The Bertz CT molecular complexity index is 495. The molecule has 0 spiro atoms. The van der Waals surface area contributed by atoms with Crippen molar-refractivity contribution in [3.63, 3.8) is 0 Å². The Morgan fingerprint density at radius 3 is 2.29 bits per heavy atom. The lowest BCUT2D eigenvalue weighted by Crippen LogP contribution is -2.29. The minimum atomic E-state index is -0.954. The van der Waals surface area contributed by atoms with Crippen LogP contribution in [0, 0.1) is 5.92 Å². The zero-order valence-electron chi connectivity index (χ0n) is 12.8. The number of rotatable bonds is 7. The molecule has 0 fully saturated rings. The number of nitrogens with one attached hydrogen (secondary N) is 1. The molecule has 5 heteroatoms. The molecule has 0 saturated carbocycles. The van der Waals surface area contributed by atoms with Crippen molar-refractivity contribution >= 4 is 17.6 Å². The van der Waals surface area contributed by atoms with E-state index < -0.39 is 11.4 Å². The Kier molecular flexibility index (Phi) is 5.90. The number of carboxylic acid groups (broad SMARTS) is 1. The smallest absolute Gasteiger partial charge is 0.313 e. The molecule has 0 radical (unpaired) electrons. The van der Waals surface area contributed by atoms with Crippen molar-refractivity contribution < 1.29 is 14.7 Å². The number of carbonyl (C=O) groups excluding carboxylic acids is 1. The molecule has 1 aromatic carbocycles. The Hall–Kier alpha value is -1.88. The van der Waals surface area contributed by atoms with Crippen LogP contribution in [0.25, 0.3) is 0 Å². The van der Waals surface area contributed by atoms with E-state index in [2.05, 4.69) is 5.32 Å². The van der Waals surface area contributed by atoms with E-state index in [0.717, 1.165) is 12.8 Å². The second-order valence-corrected chi connectivity index (χ2v) is 5.72. The van der Waals surface area contributed by atoms with Crippen LogP contribution in [-0.2, 0) is 15.0 Å². The normalized spacial score (nSPS) is 12.8. The van der Waals surface area contributed by atoms with E-state index in [0.29, 0.717) is 17.8 Å². The molecule has 21 heavy (non-hydrogen) atoms. The van der Waals surface area contributed by atoms with E-state index in [4.69, 9.17) is 5.73 Å². The monoisotopic (exact) mass is 292 g/mol. The molecular formula is C16H24N2O3. The van der Waals surface area contributed by atoms with E-state index in [1.165, 1.54) is 0 Å². The molecule has 1 amide bonds. The van der Waals surface area contributed by atoms with Gasteiger partial charge in [0.1, 0.15) is 0 Å². The van der Waals surface area contributed by atoms with Gasteiger partial charge in [-0.2, -0.15) is 0 Å². The van der Waals surface area contributed by atoms with Crippen molar-refractivity contribution in [3.05, 3.63) is 29.8 Å². The van der Waals surface area contributed by atoms with Gasteiger partial charge in [0.15, 0.2) is 0 Å². The Balaban J connectivity index is 2.80. The maximum atomic E-state index is 12.0. The molecule has 0 saturated heterocycles. The van der Waals surface area contributed by atoms with E-state index in [1.54, 1.807) is 38.1 Å². The summed E-state index contributed by atoms with van der Waals surface area (Å²) >= 11 is 0. The van der Waals surface area contributed by atoms with Gasteiger partial charge in [-0.15, -0.1) is 0 Å². The van der Waals surface area contributed by atoms with Crippen molar-refractivity contribution in [2.45, 2.75) is 39.0 Å². The molecule has 0 heterocycles. The molecule has 1 rings (SSSR count). The number of hydrogen-bond donors (Lipinski definition) is 3. The molecule has 0 aliphatic heterocycles. The van der Waals surface area contributed by atoms with Gasteiger partial charge in [0.05, 0.1) is 11.3 Å². The lowest BCUT2D eigenvalue weighted by Gasteiger charge is -2.20. The predicted octanol–water partition coefficient (Wildman–Crippen LogP) is 2.36. The number of anilines is 1. The molecule has 1 aromatic rings. The van der Waals surface area contributed by atoms with Crippen LogP contribution in [0.3, 0.4) is 0 Å². The van der Waals surface area contributed by atoms with Crippen molar-refractivity contribution in [1.29, 1.82) is 0 Å². The van der Waals surface area contributed by atoms with Gasteiger partial charge in [-0.05, 0) is 38.0 Å². The topological polar surface area (TPSA) is 92.4 Å². The average molecular weight is 292 g/mol. The van der Waals surface area contributed by atoms with Crippen LogP contribution in [0.5, 0.6) is 0 Å². The number of benzene rings is 1. The van der Waals surface area contributed by atoms with Crippen LogP contribution in [0.2, 0.25) is 0 Å². The zero-order valence-corrected chi connectivity index (χ0v) is 12.8. The van der Waals surface area contributed by atoms with Crippen molar-refractivity contribution in [2.75, 3.05) is 11.9 Å². The van der Waals surface area contributed by atoms with Crippen molar-refractivity contribution in [1.82, 2.24) is 0 Å². The van der Waals surface area contributed by atoms with Gasteiger partial charge in [-0.3, -0.25) is 9.59 Å². The third kappa shape index (κ3) is 4.29. The third-order valence-corrected chi connectivity index (χ3v) is 3.70. The zero-order chi connectivity index (χ0) is 16.0. The van der Waals surface area contributed by atoms with E-state index in [-0.39, 0.29) is 11.8 Å². The van der Waals surface area contributed by atoms with Crippen LogP contribution in [0.1, 0.15) is 39.2 Å². The van der Waals surface area contributed by atoms with E-state index in [1.807, 2.05) is 6.92 Å². The summed E-state index contributed by atoms with van der Waals surface area (Å²) in [4.78, 5) is 23.2. The fraction of sp³-hybridized carbons (Fsp3) is 0.500. The Labute approximate surface area is 125 Å². The summed E-state index contributed by atoms with van der Waals surface area (Å²) in [7, 11) is 0. The summed E-state index contributed by atoms with van der Waals surface area (Å²) in [6.45, 7) is 5.63. The summed E-state index contributed by atoms with van der Waals surface area (Å²) < 4.78 is 0. The lowest BCUT2D eigenvalue weighted by molar-refractivity contribution is -0.142. The van der Waals surface area contributed by atoms with Crippen molar-refractivity contribution in [2.24, 2.45) is 11.7 Å². The molecule has 116 valence electrons. The first kappa shape index (κ1) is 17.2. The van der Waals surface area contributed by atoms with E-state index in [9.17, 15) is 14.7 Å². The standard InChI is InChI=1S/C16H24N2O3/c1-4-5-11(10-17)14(19)18-13-8-6-12(7-9-13)16(2,3)15(20)21/h6-9,11H,4-5,10,17H2,1-3H3,(H,18,19)(H,20,21). The van der Waals surface area contributed by atoms with E-state index >= 15 is 0 Å². The highest BCUT2D eigenvalue weighted by Gasteiger charge is 2.29. The quantitative estimate of drug-likeness (QED) is 0.719. The SMILES string of the molecule is CCCC(CN)C(=O)Nc1ccc(C(C)(C)C(=O)O)cc1. The van der Waals surface area contributed by atoms with Crippen molar-refractivity contribution in [3.8, 4) is 0 Å². The number of aliphatic carboxylic acids is 1. The first-order valence-corrected chi connectivity index (χ1v) is 7.17. The maximum absolute atomic E-state index is 12.0. The van der Waals surface area contributed by atoms with Crippen LogP contribution in [-0.4, -0.2) is 23.5 Å². The van der Waals surface area contributed by atoms with Crippen LogP contribution < -0.4 is 11.1 Å². The largest absolute Gasteiger partial charge is 0.481 e. The fourth-order valence-corrected chi connectivity index (χ4v) is 2.04. The summed E-state index contributed by atoms with van der Waals surface area (Å²) in [5, 5.41) is 12.0. The van der Waals surface area contributed by atoms with Gasteiger partial charge >= 0.3 is 5.97 Å². The van der Waals surface area contributed by atoms with Gasteiger partial charge in [-0.25, -0.2) is 0 Å². The van der Waals surface area contributed by atoms with Gasteiger partial charge < -0.3 is 16.2 Å². The number of amides is 1. The minimum absolute atomic E-state index is 0.0930. The van der Waals surface area contributed by atoms with Gasteiger partial charge in [0.2, 0.25) is 5.91 Å². The highest BCUT2D eigenvalue weighted by molar-refractivity contribution is 5.92. The number of carboxylic acids is 1. The fourth-order valence-electron chi connectivity index (χ4n) is 2.04. The molecule has 1 atom stereocenters. The molecule has 0 aromatic heterocycles. The summed E-state index contributed by atoms with van der Waals surface area (Å²) in [6.07, 6.45) is 1.66. The number of carbonyl (C=O) groups is 2. The number of hydrogen-bond acceptors (Lipinski definition) is 3. The Morgan fingerprint density at radius 2 is 1.86 bits per heavy atom. The maximum Gasteiger partial charge on any atom is 0.313 e. The summed E-state index contributed by atoms with van der Waals surface area (Å²) in [6, 6.07) is 6.89. The molecule has 4 N–H and O–H groups in total. The molecule has 1 unspecified atom stereocenters. The molecule has 0 aliphatic rings. The molecule has 0 bridgehead atoms. The van der Waals surface area contributed by atoms with Gasteiger partial charge in [0.25, 0.3) is 0 Å². The van der Waals surface area contributed by atoms with Crippen LogP contribution >= 0.6 is 0 Å². The van der Waals surface area contributed by atoms with Gasteiger partial charge in [0, 0.05) is 12.2 Å². The Morgan fingerprint density at radius 1 is 1.29 bits per heavy atom. The second kappa shape index (κ2) is 7.22. The third-order valence-electron chi connectivity index (χ3n) is 3.70. The molecular weight excluding hydrogens is 268 g/mol. The minimum Gasteiger partial charge on any atom is -0.481 e. The summed E-state index contributed by atoms with van der Waals surface area (Å²) in [5.41, 5.74) is 5.99. The predicted molar refractivity (Wildman–Crippen MR) is 83.2 cm³/mol.